The lowest BCUT2D eigenvalue weighted by Crippen LogP contribution is -2.45. The molecule has 2 fully saturated rings. The van der Waals surface area contributed by atoms with Crippen LogP contribution in [-0.2, 0) is 4.79 Å². The summed E-state index contributed by atoms with van der Waals surface area (Å²) in [6.07, 6.45) is 5.38. The number of carbonyl (C=O) groups is 1. The minimum atomic E-state index is 0.378. The zero-order chi connectivity index (χ0) is 9.97. The molecule has 1 amide bonds. The van der Waals surface area contributed by atoms with E-state index in [1.165, 1.54) is 12.8 Å². The van der Waals surface area contributed by atoms with Crippen LogP contribution in [0.1, 0.15) is 39.0 Å². The first-order valence-electron chi connectivity index (χ1n) is 5.81. The summed E-state index contributed by atoms with van der Waals surface area (Å²) in [6.45, 7) is 4.26. The van der Waals surface area contributed by atoms with Gasteiger partial charge in [-0.2, -0.15) is 0 Å². The van der Waals surface area contributed by atoms with E-state index in [0.29, 0.717) is 18.0 Å². The Kier molecular flexibility index (Phi) is 3.06. The van der Waals surface area contributed by atoms with Gasteiger partial charge in [0.25, 0.3) is 0 Å². The first kappa shape index (κ1) is 9.97. The van der Waals surface area contributed by atoms with Crippen LogP contribution in [0.5, 0.6) is 0 Å². The van der Waals surface area contributed by atoms with Crippen molar-refractivity contribution in [3.63, 3.8) is 0 Å². The van der Waals surface area contributed by atoms with Gasteiger partial charge in [-0.15, -0.1) is 0 Å². The van der Waals surface area contributed by atoms with E-state index >= 15 is 0 Å². The van der Waals surface area contributed by atoms with Crippen LogP contribution in [0.2, 0.25) is 0 Å². The molecule has 3 heteroatoms. The fourth-order valence-electron chi connectivity index (χ4n) is 2.67. The maximum atomic E-state index is 11.9. The molecule has 2 saturated heterocycles. The Labute approximate surface area is 85.8 Å². The first-order valence-corrected chi connectivity index (χ1v) is 5.81. The molecule has 1 N–H and O–H groups in total. The van der Waals surface area contributed by atoms with Gasteiger partial charge in [0.05, 0.1) is 0 Å². The van der Waals surface area contributed by atoms with Gasteiger partial charge >= 0.3 is 0 Å². The number of carbonyl (C=O) groups excluding carboxylic acids is 1. The summed E-state index contributed by atoms with van der Waals surface area (Å²) >= 11 is 0. The van der Waals surface area contributed by atoms with Gasteiger partial charge in [0, 0.05) is 25.0 Å². The van der Waals surface area contributed by atoms with E-state index in [4.69, 9.17) is 0 Å². The van der Waals surface area contributed by atoms with Crippen LogP contribution >= 0.6 is 0 Å². The third-order valence-corrected chi connectivity index (χ3v) is 3.45. The third kappa shape index (κ3) is 1.92. The molecule has 2 rings (SSSR count). The summed E-state index contributed by atoms with van der Waals surface area (Å²) in [5.74, 6) is 0.378. The van der Waals surface area contributed by atoms with Crippen LogP contribution in [0, 0.1) is 0 Å². The van der Waals surface area contributed by atoms with Gasteiger partial charge < -0.3 is 10.2 Å². The van der Waals surface area contributed by atoms with Gasteiger partial charge in [-0.1, -0.05) is 6.42 Å². The summed E-state index contributed by atoms with van der Waals surface area (Å²) < 4.78 is 0. The molecule has 0 aromatic rings. The Morgan fingerprint density at radius 1 is 1.36 bits per heavy atom. The van der Waals surface area contributed by atoms with E-state index in [9.17, 15) is 4.79 Å². The largest absolute Gasteiger partial charge is 0.336 e. The molecule has 2 atom stereocenters. The van der Waals surface area contributed by atoms with Crippen molar-refractivity contribution in [2.75, 3.05) is 13.1 Å². The number of nitrogens with one attached hydrogen (secondary N) is 1. The Morgan fingerprint density at radius 3 is 2.93 bits per heavy atom. The highest BCUT2D eigenvalue weighted by molar-refractivity contribution is 5.77. The lowest BCUT2D eigenvalue weighted by atomic mass is 10.1. The van der Waals surface area contributed by atoms with Crippen molar-refractivity contribution < 1.29 is 4.79 Å². The fourth-order valence-corrected chi connectivity index (χ4v) is 2.67. The standard InChI is InChI=1S/C11H20N2O/c1-9-4-2-3-5-11(14)13(9)10-6-7-12-8-10/h9-10,12H,2-8H2,1H3. The lowest BCUT2D eigenvalue weighted by Gasteiger charge is -2.32. The van der Waals surface area contributed by atoms with Crippen LogP contribution in [0.15, 0.2) is 0 Å². The molecule has 0 saturated carbocycles. The molecule has 0 radical (unpaired) electrons. The lowest BCUT2D eigenvalue weighted by molar-refractivity contribution is -0.134. The Hall–Kier alpha value is -0.570. The molecule has 0 aliphatic carbocycles. The van der Waals surface area contributed by atoms with Gasteiger partial charge in [-0.3, -0.25) is 4.79 Å². The second kappa shape index (κ2) is 4.30. The average Bonchev–Trinajstić information content (AvgIpc) is 2.61. The Balaban J connectivity index is 2.06. The summed E-state index contributed by atoms with van der Waals surface area (Å²) in [4.78, 5) is 14.1. The normalized spacial score (nSPS) is 34.6. The van der Waals surface area contributed by atoms with E-state index in [1.54, 1.807) is 0 Å². The van der Waals surface area contributed by atoms with E-state index < -0.39 is 0 Å². The number of amides is 1. The van der Waals surface area contributed by atoms with Crippen LogP contribution in [0.4, 0.5) is 0 Å². The minimum Gasteiger partial charge on any atom is -0.336 e. The molecule has 0 aromatic carbocycles. The van der Waals surface area contributed by atoms with Gasteiger partial charge in [0.15, 0.2) is 0 Å². The number of likely N-dealkylation sites (tertiary alicyclic amines) is 1. The summed E-state index contributed by atoms with van der Waals surface area (Å²) in [6, 6.07) is 0.922. The monoisotopic (exact) mass is 196 g/mol. The smallest absolute Gasteiger partial charge is 0.223 e. The van der Waals surface area contributed by atoms with Gasteiger partial charge in [-0.05, 0) is 32.7 Å². The van der Waals surface area contributed by atoms with Gasteiger partial charge in [-0.25, -0.2) is 0 Å². The van der Waals surface area contributed by atoms with Crippen LogP contribution in [0.3, 0.4) is 0 Å². The van der Waals surface area contributed by atoms with E-state index in [0.717, 1.165) is 32.4 Å². The van der Waals surface area contributed by atoms with E-state index in [2.05, 4.69) is 17.1 Å². The molecule has 3 nitrogen and oxygen atoms in total. The van der Waals surface area contributed by atoms with Crippen LogP contribution < -0.4 is 5.32 Å². The van der Waals surface area contributed by atoms with Gasteiger partial charge in [0.1, 0.15) is 0 Å². The second-order valence-electron chi connectivity index (χ2n) is 4.54. The van der Waals surface area contributed by atoms with Gasteiger partial charge in [0.2, 0.25) is 5.91 Å². The minimum absolute atomic E-state index is 0.378. The van der Waals surface area contributed by atoms with E-state index in [1.807, 2.05) is 0 Å². The van der Waals surface area contributed by atoms with Crippen molar-refractivity contribution in [2.45, 2.75) is 51.1 Å². The zero-order valence-corrected chi connectivity index (χ0v) is 8.96. The molecule has 2 aliphatic rings. The quantitative estimate of drug-likeness (QED) is 0.682. The summed E-state index contributed by atoms with van der Waals surface area (Å²) in [5, 5.41) is 3.34. The molecule has 0 bridgehead atoms. The number of hydrogen-bond acceptors (Lipinski definition) is 2. The maximum Gasteiger partial charge on any atom is 0.223 e. The van der Waals surface area contributed by atoms with Crippen molar-refractivity contribution in [3.8, 4) is 0 Å². The Bertz CT molecular complexity index is 211. The molecular weight excluding hydrogens is 176 g/mol. The second-order valence-corrected chi connectivity index (χ2v) is 4.54. The van der Waals surface area contributed by atoms with Crippen LogP contribution in [-0.4, -0.2) is 36.0 Å². The molecule has 0 spiro atoms. The predicted octanol–water partition coefficient (Wildman–Crippen LogP) is 1.14. The number of hydrogen-bond donors (Lipinski definition) is 1. The van der Waals surface area contributed by atoms with E-state index in [-0.39, 0.29) is 0 Å². The zero-order valence-electron chi connectivity index (χ0n) is 8.96. The van der Waals surface area contributed by atoms with Crippen molar-refractivity contribution >= 4 is 5.91 Å². The SMILES string of the molecule is CC1CCCCC(=O)N1C1CCNC1. The number of nitrogens with zero attached hydrogens (tertiary/aromatic N) is 1. The molecule has 2 heterocycles. The first-order chi connectivity index (χ1) is 6.79. The molecule has 80 valence electrons. The molecule has 2 aliphatic heterocycles. The predicted molar refractivity (Wildman–Crippen MR) is 56.1 cm³/mol. The fraction of sp³-hybridized carbons (Fsp3) is 0.909. The van der Waals surface area contributed by atoms with Crippen molar-refractivity contribution in [1.29, 1.82) is 0 Å². The summed E-state index contributed by atoms with van der Waals surface area (Å²) in [5.41, 5.74) is 0. The van der Waals surface area contributed by atoms with Crippen molar-refractivity contribution in [1.82, 2.24) is 10.2 Å². The molecular formula is C11H20N2O. The Morgan fingerprint density at radius 2 is 2.21 bits per heavy atom. The molecule has 14 heavy (non-hydrogen) atoms. The number of rotatable bonds is 1. The highest BCUT2D eigenvalue weighted by Crippen LogP contribution is 2.22. The molecule has 0 aromatic heterocycles. The maximum absolute atomic E-state index is 11.9. The third-order valence-electron chi connectivity index (χ3n) is 3.45. The van der Waals surface area contributed by atoms with Crippen molar-refractivity contribution in [3.05, 3.63) is 0 Å². The molecule has 2 unspecified atom stereocenters. The topological polar surface area (TPSA) is 32.3 Å². The summed E-state index contributed by atoms with van der Waals surface area (Å²) in [7, 11) is 0. The average molecular weight is 196 g/mol. The highest BCUT2D eigenvalue weighted by atomic mass is 16.2. The van der Waals surface area contributed by atoms with Crippen LogP contribution in [0.25, 0.3) is 0 Å². The van der Waals surface area contributed by atoms with Crippen molar-refractivity contribution in [2.24, 2.45) is 0 Å². The highest BCUT2D eigenvalue weighted by Gasteiger charge is 2.31.